The summed E-state index contributed by atoms with van der Waals surface area (Å²) < 4.78 is 31.9. The Labute approximate surface area is 169 Å². The fourth-order valence-electron chi connectivity index (χ4n) is 2.91. The zero-order valence-corrected chi connectivity index (χ0v) is 17.1. The smallest absolute Gasteiger partial charge is 0.272 e. The number of nitrogens with zero attached hydrogens (tertiary/aromatic N) is 1. The first kappa shape index (κ1) is 21.0. The molecule has 1 saturated heterocycles. The topological polar surface area (TPSA) is 121 Å². The molecule has 1 aliphatic rings. The Bertz CT molecular complexity index is 994. The van der Waals surface area contributed by atoms with Crippen LogP contribution in [0.1, 0.15) is 34.7 Å². The zero-order chi connectivity index (χ0) is 21.0. The molecule has 1 aliphatic heterocycles. The molecule has 1 aromatic heterocycles. The number of ether oxygens (including phenoxy) is 1. The molecule has 0 saturated carbocycles. The minimum absolute atomic E-state index is 0.00962. The number of amides is 2. The van der Waals surface area contributed by atoms with E-state index >= 15 is 0 Å². The van der Waals surface area contributed by atoms with Gasteiger partial charge in [0.1, 0.15) is 10.6 Å². The minimum atomic E-state index is -3.70. The Hall–Kier alpha value is -2.69. The van der Waals surface area contributed by atoms with E-state index in [9.17, 15) is 18.0 Å². The van der Waals surface area contributed by atoms with Gasteiger partial charge >= 0.3 is 0 Å². The molecule has 2 amide bonds. The third-order valence-corrected chi connectivity index (χ3v) is 6.23. The van der Waals surface area contributed by atoms with Crippen molar-refractivity contribution in [2.24, 2.45) is 0 Å². The molecule has 0 radical (unpaired) electrons. The van der Waals surface area contributed by atoms with Gasteiger partial charge in [-0.1, -0.05) is 12.1 Å². The van der Waals surface area contributed by atoms with Crippen molar-refractivity contribution < 1.29 is 22.7 Å². The average Bonchev–Trinajstić information content (AvgIpc) is 3.20. The molecule has 0 unspecified atom stereocenters. The Kier molecular flexibility index (Phi) is 6.36. The molecule has 2 aromatic rings. The van der Waals surface area contributed by atoms with Crippen LogP contribution in [-0.2, 0) is 14.8 Å². The molecule has 2 heterocycles. The van der Waals surface area contributed by atoms with Crippen molar-refractivity contribution in [2.75, 3.05) is 31.6 Å². The maximum Gasteiger partial charge on any atom is 0.272 e. The Morgan fingerprint density at radius 3 is 2.52 bits per heavy atom. The fraction of sp³-hybridized carbons (Fsp3) is 0.368. The molecule has 0 aliphatic carbocycles. The lowest BCUT2D eigenvalue weighted by Crippen LogP contribution is -2.40. The highest BCUT2D eigenvalue weighted by Crippen LogP contribution is 2.20. The first-order valence-electron chi connectivity index (χ1n) is 9.26. The molecule has 0 atom stereocenters. The van der Waals surface area contributed by atoms with E-state index in [0.717, 1.165) is 0 Å². The maximum absolute atomic E-state index is 12.7. The van der Waals surface area contributed by atoms with Gasteiger partial charge in [-0.05, 0) is 32.0 Å². The SMILES string of the molecule is CC(C)NC(=O)c1ccccc1NC(=O)c1cc(S(=O)(=O)N2CCOCC2)c[nH]1. The van der Waals surface area contributed by atoms with Crippen molar-refractivity contribution in [1.29, 1.82) is 0 Å². The fourth-order valence-corrected chi connectivity index (χ4v) is 4.31. The molecular formula is C19H24N4O5S. The van der Waals surface area contributed by atoms with E-state index in [1.54, 1.807) is 24.3 Å². The van der Waals surface area contributed by atoms with Crippen LogP contribution < -0.4 is 10.6 Å². The number of benzene rings is 1. The van der Waals surface area contributed by atoms with Crippen LogP contribution in [0.4, 0.5) is 5.69 Å². The summed E-state index contributed by atoms with van der Waals surface area (Å²) in [6.07, 6.45) is 1.29. The number of H-pyrrole nitrogens is 1. The lowest BCUT2D eigenvalue weighted by atomic mass is 10.1. The average molecular weight is 420 g/mol. The Balaban J connectivity index is 1.77. The summed E-state index contributed by atoms with van der Waals surface area (Å²) >= 11 is 0. The van der Waals surface area contributed by atoms with Crippen molar-refractivity contribution >= 4 is 27.5 Å². The first-order chi connectivity index (χ1) is 13.8. The van der Waals surface area contributed by atoms with E-state index in [-0.39, 0.29) is 35.6 Å². The van der Waals surface area contributed by atoms with Crippen LogP contribution in [0.15, 0.2) is 41.4 Å². The number of para-hydroxylation sites is 1. The molecular weight excluding hydrogens is 396 g/mol. The summed E-state index contributed by atoms with van der Waals surface area (Å²) in [7, 11) is -3.70. The molecule has 1 aromatic carbocycles. The number of carbonyl (C=O) groups excluding carboxylic acids is 2. The van der Waals surface area contributed by atoms with Crippen LogP contribution >= 0.6 is 0 Å². The van der Waals surface area contributed by atoms with E-state index in [4.69, 9.17) is 4.74 Å². The van der Waals surface area contributed by atoms with E-state index < -0.39 is 15.9 Å². The van der Waals surface area contributed by atoms with E-state index in [1.165, 1.54) is 16.6 Å². The van der Waals surface area contributed by atoms with Crippen LogP contribution in [0.5, 0.6) is 0 Å². The second-order valence-electron chi connectivity index (χ2n) is 6.89. The van der Waals surface area contributed by atoms with Gasteiger partial charge in [-0.2, -0.15) is 4.31 Å². The highest BCUT2D eigenvalue weighted by Gasteiger charge is 2.28. The Morgan fingerprint density at radius 1 is 1.14 bits per heavy atom. The minimum Gasteiger partial charge on any atom is -0.379 e. The van der Waals surface area contributed by atoms with Crippen molar-refractivity contribution in [3.63, 3.8) is 0 Å². The van der Waals surface area contributed by atoms with Gasteiger partial charge in [-0.25, -0.2) is 8.42 Å². The number of anilines is 1. The lowest BCUT2D eigenvalue weighted by Gasteiger charge is -2.25. The van der Waals surface area contributed by atoms with Crippen molar-refractivity contribution in [2.45, 2.75) is 24.8 Å². The Morgan fingerprint density at radius 2 is 1.83 bits per heavy atom. The number of rotatable bonds is 6. The van der Waals surface area contributed by atoms with Crippen LogP contribution in [0.2, 0.25) is 0 Å². The molecule has 3 rings (SSSR count). The normalized spacial score (nSPS) is 15.3. The highest BCUT2D eigenvalue weighted by atomic mass is 32.2. The monoisotopic (exact) mass is 420 g/mol. The number of morpholine rings is 1. The predicted molar refractivity (Wildman–Crippen MR) is 107 cm³/mol. The summed E-state index contributed by atoms with van der Waals surface area (Å²) in [5, 5.41) is 5.45. The highest BCUT2D eigenvalue weighted by molar-refractivity contribution is 7.89. The maximum atomic E-state index is 12.7. The number of aromatic amines is 1. The van der Waals surface area contributed by atoms with Gasteiger partial charge in [0.25, 0.3) is 11.8 Å². The van der Waals surface area contributed by atoms with Gasteiger partial charge in [0.05, 0.1) is 24.5 Å². The second-order valence-corrected chi connectivity index (χ2v) is 8.83. The van der Waals surface area contributed by atoms with Crippen molar-refractivity contribution in [3.8, 4) is 0 Å². The molecule has 3 N–H and O–H groups in total. The van der Waals surface area contributed by atoms with Gasteiger partial charge in [-0.15, -0.1) is 0 Å². The third kappa shape index (κ3) is 4.84. The quantitative estimate of drug-likeness (QED) is 0.653. The predicted octanol–water partition coefficient (Wildman–Crippen LogP) is 1.43. The molecule has 9 nitrogen and oxygen atoms in total. The lowest BCUT2D eigenvalue weighted by molar-refractivity contribution is 0.0730. The van der Waals surface area contributed by atoms with Crippen molar-refractivity contribution in [3.05, 3.63) is 47.8 Å². The van der Waals surface area contributed by atoms with Gasteiger partial charge in [-0.3, -0.25) is 9.59 Å². The molecule has 10 heteroatoms. The van der Waals surface area contributed by atoms with E-state index in [0.29, 0.717) is 24.5 Å². The van der Waals surface area contributed by atoms with Gasteiger partial charge < -0.3 is 20.4 Å². The molecule has 0 spiro atoms. The summed E-state index contributed by atoms with van der Waals surface area (Å²) in [4.78, 5) is 27.7. The van der Waals surface area contributed by atoms with Gasteiger partial charge in [0, 0.05) is 25.3 Å². The standard InChI is InChI=1S/C19H24N4O5S/c1-13(2)21-18(24)15-5-3-4-6-16(15)22-19(25)17-11-14(12-20-17)29(26,27)23-7-9-28-10-8-23/h3-6,11-13,20H,7-10H2,1-2H3,(H,21,24)(H,22,25). The van der Waals surface area contributed by atoms with Crippen molar-refractivity contribution in [1.82, 2.24) is 14.6 Å². The number of carbonyl (C=O) groups is 2. The van der Waals surface area contributed by atoms with Crippen LogP contribution in [0.3, 0.4) is 0 Å². The van der Waals surface area contributed by atoms with E-state index in [1.807, 2.05) is 13.8 Å². The zero-order valence-electron chi connectivity index (χ0n) is 16.3. The molecule has 29 heavy (non-hydrogen) atoms. The van der Waals surface area contributed by atoms with Gasteiger partial charge in [0.15, 0.2) is 0 Å². The summed E-state index contributed by atoms with van der Waals surface area (Å²) in [6, 6.07) is 7.86. The largest absolute Gasteiger partial charge is 0.379 e. The number of aromatic nitrogens is 1. The summed E-state index contributed by atoms with van der Waals surface area (Å²) in [5.74, 6) is -0.851. The summed E-state index contributed by atoms with van der Waals surface area (Å²) in [5.41, 5.74) is 0.737. The molecule has 156 valence electrons. The third-order valence-electron chi connectivity index (χ3n) is 4.35. The number of sulfonamides is 1. The van der Waals surface area contributed by atoms with Crippen LogP contribution in [0, 0.1) is 0 Å². The van der Waals surface area contributed by atoms with Crippen LogP contribution in [-0.4, -0.2) is 61.9 Å². The molecule has 0 bridgehead atoms. The summed E-state index contributed by atoms with van der Waals surface area (Å²) in [6.45, 7) is 4.90. The van der Waals surface area contributed by atoms with E-state index in [2.05, 4.69) is 15.6 Å². The van der Waals surface area contributed by atoms with Gasteiger partial charge in [0.2, 0.25) is 10.0 Å². The molecule has 1 fully saturated rings. The first-order valence-corrected chi connectivity index (χ1v) is 10.7. The number of nitrogens with one attached hydrogen (secondary N) is 3. The van der Waals surface area contributed by atoms with Crippen LogP contribution in [0.25, 0.3) is 0 Å². The second kappa shape index (κ2) is 8.76. The number of hydrogen-bond acceptors (Lipinski definition) is 5. The number of hydrogen-bond donors (Lipinski definition) is 3.